The number of benzene rings is 3. The molecule has 1 unspecified atom stereocenters. The molecular weight excluding hydrogens is 416 g/mol. The molecule has 2 aliphatic rings. The molecule has 0 spiro atoms. The second-order valence-corrected chi connectivity index (χ2v) is 8.73. The number of carbonyl (C=O) groups is 2. The highest BCUT2D eigenvalue weighted by molar-refractivity contribution is 6.12. The Morgan fingerprint density at radius 1 is 0.970 bits per heavy atom. The molecule has 4 aromatic rings. The van der Waals surface area contributed by atoms with E-state index in [1.807, 2.05) is 53.4 Å². The minimum Gasteiger partial charge on any atom is -0.495 e. The van der Waals surface area contributed by atoms with Crippen molar-refractivity contribution in [2.75, 3.05) is 25.1 Å². The van der Waals surface area contributed by atoms with Gasteiger partial charge in [-0.1, -0.05) is 42.5 Å². The Bertz CT molecular complexity index is 1410. The van der Waals surface area contributed by atoms with Crippen LogP contribution in [-0.2, 0) is 22.6 Å². The molecule has 2 amide bonds. The van der Waals surface area contributed by atoms with E-state index in [0.29, 0.717) is 43.1 Å². The van der Waals surface area contributed by atoms with Crippen LogP contribution in [0.3, 0.4) is 0 Å². The van der Waals surface area contributed by atoms with Crippen molar-refractivity contribution in [2.45, 2.75) is 19.4 Å². The van der Waals surface area contributed by atoms with Gasteiger partial charge in [0.15, 0.2) is 0 Å². The predicted octanol–water partition coefficient (Wildman–Crippen LogP) is 4.53. The van der Waals surface area contributed by atoms with Crippen LogP contribution in [0.5, 0.6) is 5.75 Å². The molecule has 6 heteroatoms. The van der Waals surface area contributed by atoms with Crippen LogP contribution in [0, 0.1) is 5.92 Å². The van der Waals surface area contributed by atoms with Gasteiger partial charge < -0.3 is 19.0 Å². The van der Waals surface area contributed by atoms with Crippen LogP contribution in [0.4, 0.5) is 5.69 Å². The van der Waals surface area contributed by atoms with Gasteiger partial charge in [-0.2, -0.15) is 0 Å². The third kappa shape index (κ3) is 3.17. The van der Waals surface area contributed by atoms with Crippen LogP contribution >= 0.6 is 0 Å². The van der Waals surface area contributed by atoms with Crippen molar-refractivity contribution in [1.29, 1.82) is 0 Å². The lowest BCUT2D eigenvalue weighted by atomic mass is 9.98. The average molecular weight is 440 g/mol. The van der Waals surface area contributed by atoms with E-state index >= 15 is 0 Å². The predicted molar refractivity (Wildman–Crippen MR) is 126 cm³/mol. The topological polar surface area (TPSA) is 63.0 Å². The Morgan fingerprint density at radius 3 is 2.61 bits per heavy atom. The van der Waals surface area contributed by atoms with Crippen molar-refractivity contribution in [3.63, 3.8) is 0 Å². The first kappa shape index (κ1) is 19.9. The van der Waals surface area contributed by atoms with Crippen LogP contribution < -0.4 is 9.64 Å². The average Bonchev–Trinajstić information content (AvgIpc) is 3.42. The van der Waals surface area contributed by atoms with E-state index in [1.54, 1.807) is 12.0 Å². The summed E-state index contributed by atoms with van der Waals surface area (Å²) in [6, 6.07) is 19.8. The first-order valence-electron chi connectivity index (χ1n) is 11.3. The number of fused-ring (bicyclic) bond motifs is 4. The zero-order valence-electron chi connectivity index (χ0n) is 18.4. The third-order valence-corrected chi connectivity index (χ3v) is 6.91. The largest absolute Gasteiger partial charge is 0.495 e. The maximum Gasteiger partial charge on any atom is 0.239 e. The third-order valence-electron chi connectivity index (χ3n) is 6.91. The number of para-hydroxylation sites is 1. The van der Waals surface area contributed by atoms with Crippen molar-refractivity contribution < 1.29 is 18.7 Å². The summed E-state index contributed by atoms with van der Waals surface area (Å²) >= 11 is 0. The van der Waals surface area contributed by atoms with Gasteiger partial charge in [-0.3, -0.25) is 9.59 Å². The minimum atomic E-state index is -0.661. The summed E-state index contributed by atoms with van der Waals surface area (Å²) in [5.74, 6) is -0.317. The summed E-state index contributed by atoms with van der Waals surface area (Å²) < 4.78 is 11.7. The van der Waals surface area contributed by atoms with Gasteiger partial charge in [-0.15, -0.1) is 0 Å². The summed E-state index contributed by atoms with van der Waals surface area (Å²) in [5.41, 5.74) is 4.58. The number of hydrogen-bond acceptors (Lipinski definition) is 4. The molecule has 1 atom stereocenters. The maximum absolute atomic E-state index is 13.4. The smallest absolute Gasteiger partial charge is 0.239 e. The fraction of sp³-hybridized carbons (Fsp3) is 0.259. The molecule has 0 bridgehead atoms. The zero-order chi connectivity index (χ0) is 22.5. The van der Waals surface area contributed by atoms with Crippen LogP contribution in [0.2, 0.25) is 0 Å². The fourth-order valence-corrected chi connectivity index (χ4v) is 5.17. The van der Waals surface area contributed by atoms with E-state index in [4.69, 9.17) is 9.15 Å². The van der Waals surface area contributed by atoms with Crippen molar-refractivity contribution in [3.8, 4) is 5.75 Å². The van der Waals surface area contributed by atoms with Crippen molar-refractivity contribution in [3.05, 3.63) is 71.8 Å². The number of anilines is 1. The first-order valence-corrected chi connectivity index (χ1v) is 11.3. The lowest BCUT2D eigenvalue weighted by Gasteiger charge is -2.30. The van der Waals surface area contributed by atoms with Crippen molar-refractivity contribution in [2.24, 2.45) is 5.92 Å². The van der Waals surface area contributed by atoms with E-state index < -0.39 is 5.92 Å². The number of nitrogens with zero attached hydrogens (tertiary/aromatic N) is 2. The highest BCUT2D eigenvalue weighted by Gasteiger charge is 2.41. The van der Waals surface area contributed by atoms with Crippen LogP contribution in [-0.4, -0.2) is 36.9 Å². The normalized spacial score (nSPS) is 18.2. The number of furan rings is 1. The Kier molecular flexibility index (Phi) is 4.61. The lowest BCUT2D eigenvalue weighted by molar-refractivity contribution is -0.140. The lowest BCUT2D eigenvalue weighted by Crippen LogP contribution is -2.42. The molecule has 0 radical (unpaired) electrons. The molecular formula is C27H24N2O4. The number of methoxy groups -OCH3 is 1. The van der Waals surface area contributed by atoms with Crippen LogP contribution in [0.25, 0.3) is 21.9 Å². The molecule has 0 N–H and O–H groups in total. The molecule has 166 valence electrons. The van der Waals surface area contributed by atoms with Gasteiger partial charge in [0, 0.05) is 36.5 Å². The van der Waals surface area contributed by atoms with Gasteiger partial charge >= 0.3 is 0 Å². The van der Waals surface area contributed by atoms with Gasteiger partial charge in [-0.25, -0.2) is 0 Å². The molecule has 2 aliphatic heterocycles. The maximum atomic E-state index is 13.4. The minimum absolute atomic E-state index is 0.0826. The molecule has 0 aliphatic carbocycles. The molecule has 1 saturated heterocycles. The van der Waals surface area contributed by atoms with Crippen molar-refractivity contribution in [1.82, 2.24) is 4.90 Å². The van der Waals surface area contributed by atoms with Gasteiger partial charge in [-0.05, 0) is 36.1 Å². The number of hydrogen-bond donors (Lipinski definition) is 0. The number of carbonyl (C=O) groups excluding carboxylic acids is 2. The zero-order valence-corrected chi connectivity index (χ0v) is 18.4. The van der Waals surface area contributed by atoms with E-state index in [0.717, 1.165) is 28.3 Å². The second-order valence-electron chi connectivity index (χ2n) is 8.73. The van der Waals surface area contributed by atoms with Gasteiger partial charge in [0.2, 0.25) is 11.8 Å². The molecule has 1 aromatic heterocycles. The van der Waals surface area contributed by atoms with E-state index in [-0.39, 0.29) is 11.8 Å². The van der Waals surface area contributed by atoms with E-state index in [2.05, 4.69) is 12.1 Å². The molecule has 1 fully saturated rings. The van der Waals surface area contributed by atoms with Gasteiger partial charge in [0.25, 0.3) is 0 Å². The molecule has 3 heterocycles. The SMILES string of the molecule is COc1cc2c(cc1N1CCC(C(=O)N3CCc4ccccc4C3)C1=O)oc1ccccc12. The molecule has 33 heavy (non-hydrogen) atoms. The van der Waals surface area contributed by atoms with Gasteiger partial charge in [0.1, 0.15) is 22.8 Å². The summed E-state index contributed by atoms with van der Waals surface area (Å²) in [5, 5.41) is 1.95. The van der Waals surface area contributed by atoms with Crippen molar-refractivity contribution >= 4 is 39.4 Å². The number of amides is 2. The standard InChI is InChI=1S/C27H24N2O4/c1-32-25-14-21-19-8-4-5-9-23(19)33-24(21)15-22(25)29-13-11-20(27(29)31)26(30)28-12-10-17-6-2-3-7-18(17)16-28/h2-9,14-15,20H,10-13,16H2,1H3. The highest BCUT2D eigenvalue weighted by Crippen LogP contribution is 2.40. The highest BCUT2D eigenvalue weighted by atomic mass is 16.5. The summed E-state index contributed by atoms with van der Waals surface area (Å²) in [7, 11) is 1.60. The van der Waals surface area contributed by atoms with Gasteiger partial charge in [0.05, 0.1) is 12.8 Å². The van der Waals surface area contributed by atoms with Crippen LogP contribution in [0.15, 0.2) is 65.1 Å². The molecule has 3 aromatic carbocycles. The summed E-state index contributed by atoms with van der Waals surface area (Å²) in [4.78, 5) is 30.2. The second kappa shape index (κ2) is 7.66. The molecule has 6 nitrogen and oxygen atoms in total. The number of ether oxygens (including phenoxy) is 1. The fourth-order valence-electron chi connectivity index (χ4n) is 5.17. The summed E-state index contributed by atoms with van der Waals surface area (Å²) in [6.07, 6.45) is 1.32. The Morgan fingerprint density at radius 2 is 1.76 bits per heavy atom. The molecule has 6 rings (SSSR count). The Hall–Kier alpha value is -3.80. The van der Waals surface area contributed by atoms with E-state index in [9.17, 15) is 9.59 Å². The number of rotatable bonds is 3. The Labute approximate surface area is 191 Å². The first-order chi connectivity index (χ1) is 16.1. The molecule has 0 saturated carbocycles. The van der Waals surface area contributed by atoms with Crippen LogP contribution in [0.1, 0.15) is 17.5 Å². The van der Waals surface area contributed by atoms with E-state index in [1.165, 1.54) is 5.56 Å². The summed E-state index contributed by atoms with van der Waals surface area (Å²) in [6.45, 7) is 1.68. The Balaban J connectivity index is 1.29. The quantitative estimate of drug-likeness (QED) is 0.439. The monoisotopic (exact) mass is 440 g/mol.